The van der Waals surface area contributed by atoms with Crippen molar-refractivity contribution in [3.63, 3.8) is 0 Å². The second-order valence-corrected chi connectivity index (χ2v) is 8.46. The molecule has 1 saturated heterocycles. The summed E-state index contributed by atoms with van der Waals surface area (Å²) in [6.45, 7) is 2.79. The molecule has 1 aliphatic carbocycles. The number of sulfone groups is 1. The van der Waals surface area contributed by atoms with Gasteiger partial charge in [-0.25, -0.2) is 18.4 Å². The molecule has 2 aliphatic rings. The summed E-state index contributed by atoms with van der Waals surface area (Å²) in [5, 5.41) is 3.47. The second kappa shape index (κ2) is 6.40. The minimum atomic E-state index is -2.89. The Bertz CT molecular complexity index is 614. The fourth-order valence-corrected chi connectivity index (χ4v) is 5.22. The van der Waals surface area contributed by atoms with Gasteiger partial charge in [0.05, 0.1) is 11.5 Å². The summed E-state index contributed by atoms with van der Waals surface area (Å²) in [4.78, 5) is 10.8. The van der Waals surface area contributed by atoms with Crippen LogP contribution in [0.15, 0.2) is 12.4 Å². The summed E-state index contributed by atoms with van der Waals surface area (Å²) < 4.78 is 23.4. The van der Waals surface area contributed by atoms with Crippen LogP contribution in [0.4, 0.5) is 11.6 Å². The Kier molecular flexibility index (Phi) is 4.52. The Labute approximate surface area is 132 Å². The van der Waals surface area contributed by atoms with E-state index in [2.05, 4.69) is 20.2 Å². The summed E-state index contributed by atoms with van der Waals surface area (Å²) in [6.07, 6.45) is 7.19. The topological polar surface area (TPSA) is 75.2 Å². The molecule has 1 aromatic rings. The predicted octanol–water partition coefficient (Wildman–Crippen LogP) is 1.84. The van der Waals surface area contributed by atoms with Crippen molar-refractivity contribution in [2.24, 2.45) is 0 Å². The summed E-state index contributed by atoms with van der Waals surface area (Å²) in [5.41, 5.74) is 0. The lowest BCUT2D eigenvalue weighted by Gasteiger charge is -2.28. The molecule has 0 radical (unpaired) electrons. The predicted molar refractivity (Wildman–Crippen MR) is 88.0 cm³/mol. The van der Waals surface area contributed by atoms with E-state index in [9.17, 15) is 8.42 Å². The van der Waals surface area contributed by atoms with Crippen LogP contribution in [0.5, 0.6) is 0 Å². The Morgan fingerprint density at radius 3 is 2.68 bits per heavy atom. The normalized spacial score (nSPS) is 24.5. The third-order valence-electron chi connectivity index (χ3n) is 4.64. The summed E-state index contributed by atoms with van der Waals surface area (Å²) in [5.74, 6) is 2.18. The summed E-state index contributed by atoms with van der Waals surface area (Å²) in [6, 6.07) is 2.49. The van der Waals surface area contributed by atoms with Gasteiger partial charge in [-0.3, -0.25) is 0 Å². The monoisotopic (exact) mass is 324 g/mol. The number of nitrogens with one attached hydrogen (secondary N) is 1. The first-order valence-electron chi connectivity index (χ1n) is 8.13. The number of hydrogen-bond donors (Lipinski definition) is 1. The van der Waals surface area contributed by atoms with Crippen molar-refractivity contribution in [1.82, 2.24) is 9.97 Å². The highest BCUT2D eigenvalue weighted by molar-refractivity contribution is 7.91. The number of hydrogen-bond acceptors (Lipinski definition) is 6. The fourth-order valence-electron chi connectivity index (χ4n) is 3.49. The van der Waals surface area contributed by atoms with Gasteiger partial charge in [0.25, 0.3) is 0 Å². The average Bonchev–Trinajstić information content (AvgIpc) is 3.10. The van der Waals surface area contributed by atoms with Crippen LogP contribution < -0.4 is 10.2 Å². The highest BCUT2D eigenvalue weighted by Gasteiger charge is 2.32. The maximum Gasteiger partial charge on any atom is 0.152 e. The third kappa shape index (κ3) is 3.51. The lowest BCUT2D eigenvalue weighted by molar-refractivity contribution is 0.599. The zero-order valence-corrected chi connectivity index (χ0v) is 13.8. The number of aromatic nitrogens is 2. The van der Waals surface area contributed by atoms with Gasteiger partial charge in [-0.1, -0.05) is 12.8 Å². The van der Waals surface area contributed by atoms with Crippen LogP contribution in [-0.2, 0) is 9.84 Å². The first-order chi connectivity index (χ1) is 10.6. The molecule has 0 aromatic carbocycles. The van der Waals surface area contributed by atoms with Crippen LogP contribution in [0, 0.1) is 0 Å². The van der Waals surface area contributed by atoms with Crippen molar-refractivity contribution in [3.8, 4) is 0 Å². The highest BCUT2D eigenvalue weighted by atomic mass is 32.2. The summed E-state index contributed by atoms with van der Waals surface area (Å²) in [7, 11) is -2.89. The van der Waals surface area contributed by atoms with Crippen LogP contribution in [0.25, 0.3) is 0 Å². The molecule has 1 saturated carbocycles. The van der Waals surface area contributed by atoms with E-state index >= 15 is 0 Å². The van der Waals surface area contributed by atoms with Crippen molar-refractivity contribution >= 4 is 21.5 Å². The Morgan fingerprint density at radius 2 is 2.05 bits per heavy atom. The molecule has 22 heavy (non-hydrogen) atoms. The molecule has 122 valence electrons. The van der Waals surface area contributed by atoms with Gasteiger partial charge in [0.1, 0.15) is 18.0 Å². The first kappa shape index (κ1) is 15.5. The molecular formula is C15H24N4O2S. The first-order valence-corrected chi connectivity index (χ1v) is 9.95. The second-order valence-electron chi connectivity index (χ2n) is 6.23. The van der Waals surface area contributed by atoms with E-state index in [0.717, 1.165) is 18.2 Å². The maximum atomic E-state index is 11.7. The molecule has 1 unspecified atom stereocenters. The van der Waals surface area contributed by atoms with Gasteiger partial charge in [-0.2, -0.15) is 0 Å². The van der Waals surface area contributed by atoms with Crippen molar-refractivity contribution in [2.75, 3.05) is 28.3 Å². The van der Waals surface area contributed by atoms with Crippen molar-refractivity contribution in [3.05, 3.63) is 12.4 Å². The van der Waals surface area contributed by atoms with Crippen LogP contribution in [0.1, 0.15) is 39.0 Å². The molecule has 0 amide bonds. The van der Waals surface area contributed by atoms with E-state index in [-0.39, 0.29) is 17.5 Å². The molecule has 1 N–H and O–H groups in total. The largest absolute Gasteiger partial charge is 0.367 e. The molecule has 3 rings (SSSR count). The zero-order valence-electron chi connectivity index (χ0n) is 13.0. The van der Waals surface area contributed by atoms with Crippen molar-refractivity contribution in [1.29, 1.82) is 0 Å². The minimum absolute atomic E-state index is 0.0317. The Hall–Kier alpha value is -1.37. The van der Waals surface area contributed by atoms with Gasteiger partial charge in [-0.15, -0.1) is 0 Å². The molecule has 6 nitrogen and oxygen atoms in total. The van der Waals surface area contributed by atoms with E-state index in [1.165, 1.54) is 25.7 Å². The lowest BCUT2D eigenvalue weighted by Crippen LogP contribution is -2.36. The number of nitrogens with zero attached hydrogens (tertiary/aromatic N) is 3. The van der Waals surface area contributed by atoms with Crippen molar-refractivity contribution in [2.45, 2.75) is 51.1 Å². The SMILES string of the molecule is CCN(c1cc(NC2CCCC2)ncn1)C1CCS(=O)(=O)C1. The molecule has 1 atom stereocenters. The molecule has 2 heterocycles. The van der Waals surface area contributed by atoms with E-state index < -0.39 is 9.84 Å². The molecule has 7 heteroatoms. The third-order valence-corrected chi connectivity index (χ3v) is 6.39. The van der Waals surface area contributed by atoms with E-state index in [1.54, 1.807) is 6.33 Å². The van der Waals surface area contributed by atoms with Gasteiger partial charge in [0, 0.05) is 24.7 Å². The van der Waals surface area contributed by atoms with Crippen LogP contribution in [0.3, 0.4) is 0 Å². The van der Waals surface area contributed by atoms with E-state index in [4.69, 9.17) is 0 Å². The Morgan fingerprint density at radius 1 is 1.27 bits per heavy atom. The fraction of sp³-hybridized carbons (Fsp3) is 0.733. The average molecular weight is 324 g/mol. The lowest BCUT2D eigenvalue weighted by atomic mass is 10.2. The molecule has 1 aromatic heterocycles. The highest BCUT2D eigenvalue weighted by Crippen LogP contribution is 2.25. The number of anilines is 2. The van der Waals surface area contributed by atoms with Gasteiger partial charge >= 0.3 is 0 Å². The summed E-state index contributed by atoms with van der Waals surface area (Å²) >= 11 is 0. The van der Waals surface area contributed by atoms with Crippen LogP contribution >= 0.6 is 0 Å². The zero-order chi connectivity index (χ0) is 15.6. The van der Waals surface area contributed by atoms with Gasteiger partial charge < -0.3 is 10.2 Å². The molecule has 0 spiro atoms. The van der Waals surface area contributed by atoms with Gasteiger partial charge in [-0.05, 0) is 26.2 Å². The maximum absolute atomic E-state index is 11.7. The quantitative estimate of drug-likeness (QED) is 0.891. The molecule has 1 aliphatic heterocycles. The standard InChI is InChI=1S/C15H24N4O2S/c1-2-19(13-7-8-22(20,21)10-13)15-9-14(16-11-17-15)18-12-5-3-4-6-12/h9,11-13H,2-8,10H2,1H3,(H,16,17,18). The molecule has 2 fully saturated rings. The van der Waals surface area contributed by atoms with Gasteiger partial charge in [0.15, 0.2) is 9.84 Å². The van der Waals surface area contributed by atoms with E-state index in [1.807, 2.05) is 13.0 Å². The van der Waals surface area contributed by atoms with Crippen molar-refractivity contribution < 1.29 is 8.42 Å². The van der Waals surface area contributed by atoms with Crippen LogP contribution in [0.2, 0.25) is 0 Å². The molecule has 0 bridgehead atoms. The van der Waals surface area contributed by atoms with Gasteiger partial charge in [0.2, 0.25) is 0 Å². The van der Waals surface area contributed by atoms with E-state index in [0.29, 0.717) is 12.5 Å². The smallest absolute Gasteiger partial charge is 0.152 e. The van der Waals surface area contributed by atoms with Crippen LogP contribution in [-0.4, -0.2) is 48.5 Å². The number of rotatable bonds is 5. The molecular weight excluding hydrogens is 300 g/mol. The Balaban J connectivity index is 1.74. The minimum Gasteiger partial charge on any atom is -0.367 e.